The molecule has 0 aromatic rings. The Kier molecular flexibility index (Phi) is 14.6. The second-order valence-electron chi connectivity index (χ2n) is 3.70. The summed E-state index contributed by atoms with van der Waals surface area (Å²) in [6.07, 6.45) is 0.319. The predicted octanol–water partition coefficient (Wildman–Crippen LogP) is -0.184. The van der Waals surface area contributed by atoms with E-state index in [4.69, 9.17) is 24.1 Å². The number of aliphatic hydroxyl groups excluding tert-OH is 2. The van der Waals surface area contributed by atoms with E-state index in [9.17, 15) is 5.11 Å². The van der Waals surface area contributed by atoms with Crippen molar-refractivity contribution >= 4 is 0 Å². The highest BCUT2D eigenvalue weighted by molar-refractivity contribution is 4.47. The second-order valence-corrected chi connectivity index (χ2v) is 3.70. The van der Waals surface area contributed by atoms with E-state index in [0.29, 0.717) is 59.3 Å². The van der Waals surface area contributed by atoms with Crippen molar-refractivity contribution in [3.63, 3.8) is 0 Å². The Balaban J connectivity index is 2.94. The van der Waals surface area contributed by atoms with E-state index < -0.39 is 0 Å². The van der Waals surface area contributed by atoms with Crippen LogP contribution in [0.4, 0.5) is 0 Å². The molecule has 0 aliphatic carbocycles. The van der Waals surface area contributed by atoms with Gasteiger partial charge < -0.3 is 29.2 Å². The third kappa shape index (κ3) is 13.8. The first-order chi connectivity index (χ1) is 8.81. The van der Waals surface area contributed by atoms with Gasteiger partial charge in [-0.2, -0.15) is 0 Å². The van der Waals surface area contributed by atoms with Crippen LogP contribution in [0.5, 0.6) is 0 Å². The number of aliphatic hydroxyl groups is 2. The largest absolute Gasteiger partial charge is 0.394 e. The van der Waals surface area contributed by atoms with Gasteiger partial charge in [-0.3, -0.25) is 0 Å². The quantitative estimate of drug-likeness (QED) is 0.425. The third-order valence-electron chi connectivity index (χ3n) is 2.13. The molecule has 0 amide bonds. The van der Waals surface area contributed by atoms with Gasteiger partial charge in [-0.05, 0) is 6.42 Å². The van der Waals surface area contributed by atoms with E-state index >= 15 is 0 Å². The summed E-state index contributed by atoms with van der Waals surface area (Å²) in [6, 6.07) is 0. The summed E-state index contributed by atoms with van der Waals surface area (Å²) in [6.45, 7) is 5.65. The van der Waals surface area contributed by atoms with E-state index in [1.165, 1.54) is 0 Å². The van der Waals surface area contributed by atoms with Crippen molar-refractivity contribution < 1.29 is 29.2 Å². The number of ether oxygens (including phenoxy) is 4. The molecule has 6 heteroatoms. The fraction of sp³-hybridized carbons (Fsp3) is 1.00. The van der Waals surface area contributed by atoms with Gasteiger partial charge >= 0.3 is 0 Å². The van der Waals surface area contributed by atoms with Gasteiger partial charge in [0.2, 0.25) is 0 Å². The van der Waals surface area contributed by atoms with Crippen LogP contribution in [-0.4, -0.2) is 75.8 Å². The van der Waals surface area contributed by atoms with E-state index in [1.807, 2.05) is 6.92 Å². The van der Waals surface area contributed by atoms with Crippen LogP contribution in [0.2, 0.25) is 0 Å². The normalized spacial score (nSPS) is 12.8. The minimum Gasteiger partial charge on any atom is -0.394 e. The van der Waals surface area contributed by atoms with Crippen LogP contribution >= 0.6 is 0 Å². The lowest BCUT2D eigenvalue weighted by molar-refractivity contribution is -0.0187. The van der Waals surface area contributed by atoms with Crippen LogP contribution in [-0.2, 0) is 18.9 Å². The summed E-state index contributed by atoms with van der Waals surface area (Å²) in [4.78, 5) is 0. The van der Waals surface area contributed by atoms with Crippen molar-refractivity contribution in [1.82, 2.24) is 0 Å². The number of hydrogen-bond donors (Lipinski definition) is 2. The zero-order valence-corrected chi connectivity index (χ0v) is 11.2. The lowest BCUT2D eigenvalue weighted by Crippen LogP contribution is -2.17. The third-order valence-corrected chi connectivity index (χ3v) is 2.13. The molecule has 0 aromatic carbocycles. The first-order valence-electron chi connectivity index (χ1n) is 6.41. The summed E-state index contributed by atoms with van der Waals surface area (Å²) in [5.74, 6) is 0. The molecule has 0 aliphatic heterocycles. The molecule has 0 aromatic heterocycles. The molecular weight excluding hydrogens is 240 g/mol. The fourth-order valence-corrected chi connectivity index (χ4v) is 1.06. The summed E-state index contributed by atoms with van der Waals surface area (Å²) >= 11 is 0. The molecule has 0 rings (SSSR count). The number of rotatable bonds is 14. The minimum atomic E-state index is -0.382. The van der Waals surface area contributed by atoms with Gasteiger partial charge in [0.05, 0.1) is 65.6 Å². The maximum Gasteiger partial charge on any atom is 0.0771 e. The van der Waals surface area contributed by atoms with Crippen molar-refractivity contribution in [2.45, 2.75) is 19.4 Å². The first kappa shape index (κ1) is 17.8. The topological polar surface area (TPSA) is 77.4 Å². The van der Waals surface area contributed by atoms with E-state index in [1.54, 1.807) is 0 Å². The maximum atomic E-state index is 9.21. The molecule has 0 radical (unpaired) electrons. The highest BCUT2D eigenvalue weighted by Gasteiger charge is 1.99. The first-order valence-corrected chi connectivity index (χ1v) is 6.41. The second kappa shape index (κ2) is 14.8. The summed E-state index contributed by atoms with van der Waals surface area (Å²) < 4.78 is 20.7. The molecule has 0 heterocycles. The fourth-order valence-electron chi connectivity index (χ4n) is 1.06. The van der Waals surface area contributed by atoms with Gasteiger partial charge in [-0.15, -0.1) is 0 Å². The molecule has 2 N–H and O–H groups in total. The molecule has 0 bridgehead atoms. The van der Waals surface area contributed by atoms with Crippen LogP contribution in [0.15, 0.2) is 0 Å². The molecule has 0 saturated heterocycles. The van der Waals surface area contributed by atoms with Gasteiger partial charge in [0.1, 0.15) is 0 Å². The Morgan fingerprint density at radius 1 is 0.778 bits per heavy atom. The molecule has 1 unspecified atom stereocenters. The van der Waals surface area contributed by atoms with E-state index in [2.05, 4.69) is 0 Å². The van der Waals surface area contributed by atoms with Crippen molar-refractivity contribution in [1.29, 1.82) is 0 Å². The molecule has 0 fully saturated rings. The highest BCUT2D eigenvalue weighted by atomic mass is 16.6. The van der Waals surface area contributed by atoms with Crippen molar-refractivity contribution in [2.75, 3.05) is 59.5 Å². The Morgan fingerprint density at radius 3 is 1.67 bits per heavy atom. The molecule has 0 aliphatic rings. The van der Waals surface area contributed by atoms with Crippen LogP contribution in [0, 0.1) is 0 Å². The van der Waals surface area contributed by atoms with Crippen LogP contribution in [0.3, 0.4) is 0 Å². The average Bonchev–Trinajstić information content (AvgIpc) is 2.39. The number of hydrogen-bond acceptors (Lipinski definition) is 6. The maximum absolute atomic E-state index is 9.21. The van der Waals surface area contributed by atoms with Crippen molar-refractivity contribution in [3.8, 4) is 0 Å². The molecule has 6 nitrogen and oxygen atoms in total. The van der Waals surface area contributed by atoms with Crippen LogP contribution in [0.25, 0.3) is 0 Å². The molecule has 0 spiro atoms. The van der Waals surface area contributed by atoms with Crippen LogP contribution in [0.1, 0.15) is 13.3 Å². The molecular formula is C12H26O6. The monoisotopic (exact) mass is 266 g/mol. The molecule has 110 valence electrons. The lowest BCUT2D eigenvalue weighted by atomic mass is 10.3. The average molecular weight is 266 g/mol. The SMILES string of the molecule is CCC(O)COCCOCCOCCOCCO. The Morgan fingerprint density at radius 2 is 1.22 bits per heavy atom. The Hall–Kier alpha value is -0.240. The smallest absolute Gasteiger partial charge is 0.0771 e. The summed E-state index contributed by atoms with van der Waals surface area (Å²) in [7, 11) is 0. The Labute approximate surface area is 109 Å². The predicted molar refractivity (Wildman–Crippen MR) is 66.7 cm³/mol. The van der Waals surface area contributed by atoms with Crippen molar-refractivity contribution in [2.24, 2.45) is 0 Å². The van der Waals surface area contributed by atoms with Gasteiger partial charge in [-0.25, -0.2) is 0 Å². The van der Waals surface area contributed by atoms with Gasteiger partial charge in [0.25, 0.3) is 0 Å². The van der Waals surface area contributed by atoms with Gasteiger partial charge in [0.15, 0.2) is 0 Å². The summed E-state index contributed by atoms with van der Waals surface area (Å²) in [5, 5.41) is 17.7. The molecule has 1 atom stereocenters. The van der Waals surface area contributed by atoms with Crippen molar-refractivity contribution in [3.05, 3.63) is 0 Å². The summed E-state index contributed by atoms with van der Waals surface area (Å²) in [5.41, 5.74) is 0. The molecule has 0 saturated carbocycles. The Bertz CT molecular complexity index is 156. The van der Waals surface area contributed by atoms with Crippen LogP contribution < -0.4 is 0 Å². The van der Waals surface area contributed by atoms with E-state index in [-0.39, 0.29) is 12.7 Å². The standard InChI is InChI=1S/C12H26O6/c1-2-12(14)11-18-10-9-17-8-7-16-6-5-15-4-3-13/h12-14H,2-11H2,1H3. The van der Waals surface area contributed by atoms with Gasteiger partial charge in [0, 0.05) is 0 Å². The lowest BCUT2D eigenvalue weighted by Gasteiger charge is -2.09. The zero-order chi connectivity index (χ0) is 13.5. The minimum absolute atomic E-state index is 0.0375. The highest BCUT2D eigenvalue weighted by Crippen LogP contribution is 1.90. The van der Waals surface area contributed by atoms with Gasteiger partial charge in [-0.1, -0.05) is 6.92 Å². The van der Waals surface area contributed by atoms with E-state index in [0.717, 1.165) is 0 Å². The zero-order valence-electron chi connectivity index (χ0n) is 11.2. The molecule has 18 heavy (non-hydrogen) atoms.